The van der Waals surface area contributed by atoms with Crippen molar-refractivity contribution < 1.29 is 9.53 Å². The first-order chi connectivity index (χ1) is 15.1. The molecular weight excluding hydrogens is 412 g/mol. The minimum absolute atomic E-state index is 0.180. The van der Waals surface area contributed by atoms with Gasteiger partial charge in [-0.2, -0.15) is 4.98 Å². The molecule has 1 amide bonds. The largest absolute Gasteiger partial charge is 0.439 e. The summed E-state index contributed by atoms with van der Waals surface area (Å²) >= 11 is 1.51. The van der Waals surface area contributed by atoms with Crippen molar-refractivity contribution in [2.75, 3.05) is 5.32 Å². The Morgan fingerprint density at radius 3 is 2.77 bits per heavy atom. The van der Waals surface area contributed by atoms with Gasteiger partial charge in [-0.05, 0) is 49.4 Å². The predicted octanol–water partition coefficient (Wildman–Crippen LogP) is 4.63. The molecule has 0 saturated carbocycles. The maximum atomic E-state index is 12.6. The van der Waals surface area contributed by atoms with Gasteiger partial charge in [-0.15, -0.1) is 11.3 Å². The van der Waals surface area contributed by atoms with Crippen LogP contribution >= 0.6 is 11.3 Å². The SMILES string of the molecule is Cc1nc(Oc2ccc(NC(=O)c3ccc4ncsc4c3)cc2)cc(-n2ccnc2)n1. The zero-order chi connectivity index (χ0) is 21.2. The molecule has 9 heteroatoms. The fourth-order valence-corrected chi connectivity index (χ4v) is 3.75. The summed E-state index contributed by atoms with van der Waals surface area (Å²) in [7, 11) is 0. The van der Waals surface area contributed by atoms with Crippen molar-refractivity contribution in [2.45, 2.75) is 6.92 Å². The van der Waals surface area contributed by atoms with E-state index < -0.39 is 0 Å². The van der Waals surface area contributed by atoms with Crippen LogP contribution in [0.4, 0.5) is 5.69 Å². The van der Waals surface area contributed by atoms with Crippen LogP contribution in [-0.4, -0.2) is 30.4 Å². The van der Waals surface area contributed by atoms with E-state index in [1.54, 1.807) is 72.1 Å². The van der Waals surface area contributed by atoms with E-state index in [1.165, 1.54) is 11.3 Å². The predicted molar refractivity (Wildman–Crippen MR) is 118 cm³/mol. The summed E-state index contributed by atoms with van der Waals surface area (Å²) in [5.41, 5.74) is 3.90. The summed E-state index contributed by atoms with van der Waals surface area (Å²) < 4.78 is 8.64. The zero-order valence-electron chi connectivity index (χ0n) is 16.4. The third-order valence-corrected chi connectivity index (χ3v) is 5.29. The Morgan fingerprint density at radius 1 is 1.10 bits per heavy atom. The van der Waals surface area contributed by atoms with Gasteiger partial charge in [0.25, 0.3) is 5.91 Å². The molecule has 0 radical (unpaired) electrons. The van der Waals surface area contributed by atoms with Gasteiger partial charge in [-0.3, -0.25) is 9.36 Å². The highest BCUT2D eigenvalue weighted by Gasteiger charge is 2.09. The molecule has 0 aliphatic carbocycles. The first-order valence-corrected chi connectivity index (χ1v) is 10.3. The standard InChI is InChI=1S/C22H16N6O2S/c1-14-25-20(28-9-8-23-12-28)11-21(26-14)30-17-5-3-16(4-6-17)27-22(29)15-2-7-18-19(10-15)31-13-24-18/h2-13H,1H3,(H,27,29). The molecule has 0 saturated heterocycles. The first kappa shape index (κ1) is 18.9. The van der Waals surface area contributed by atoms with Crippen LogP contribution < -0.4 is 10.1 Å². The molecule has 8 nitrogen and oxygen atoms in total. The Kier molecular flexibility index (Phi) is 4.85. The summed E-state index contributed by atoms with van der Waals surface area (Å²) in [6.07, 6.45) is 5.14. The third-order valence-electron chi connectivity index (χ3n) is 4.50. The number of hydrogen-bond acceptors (Lipinski definition) is 7. The topological polar surface area (TPSA) is 94.8 Å². The Labute approximate surface area is 181 Å². The zero-order valence-corrected chi connectivity index (χ0v) is 17.2. The number of nitrogens with zero attached hydrogens (tertiary/aromatic N) is 5. The summed E-state index contributed by atoms with van der Waals surface area (Å²) in [6.45, 7) is 1.80. The van der Waals surface area contributed by atoms with Gasteiger partial charge in [0.1, 0.15) is 23.7 Å². The lowest BCUT2D eigenvalue weighted by Crippen LogP contribution is -2.11. The number of carbonyl (C=O) groups excluding carboxylic acids is 1. The van der Waals surface area contributed by atoms with E-state index in [-0.39, 0.29) is 5.91 Å². The first-order valence-electron chi connectivity index (χ1n) is 9.40. The van der Waals surface area contributed by atoms with Crippen molar-refractivity contribution in [3.63, 3.8) is 0 Å². The molecule has 0 bridgehead atoms. The van der Waals surface area contributed by atoms with Crippen LogP contribution in [0.1, 0.15) is 16.2 Å². The number of aryl methyl sites for hydroxylation is 1. The number of imidazole rings is 1. The molecule has 0 aliphatic heterocycles. The molecule has 0 spiro atoms. The lowest BCUT2D eigenvalue weighted by Gasteiger charge is -2.09. The molecule has 1 N–H and O–H groups in total. The molecule has 5 aromatic rings. The fraction of sp³-hybridized carbons (Fsp3) is 0.0455. The van der Waals surface area contributed by atoms with Gasteiger partial charge >= 0.3 is 0 Å². The van der Waals surface area contributed by atoms with Crippen molar-refractivity contribution >= 4 is 33.1 Å². The number of ether oxygens (including phenoxy) is 1. The van der Waals surface area contributed by atoms with E-state index >= 15 is 0 Å². The van der Waals surface area contributed by atoms with Gasteiger partial charge < -0.3 is 10.1 Å². The average Bonchev–Trinajstić information content (AvgIpc) is 3.46. The molecule has 3 heterocycles. The van der Waals surface area contributed by atoms with Gasteiger partial charge in [0.05, 0.1) is 15.7 Å². The number of carbonyl (C=O) groups is 1. The highest BCUT2D eigenvalue weighted by atomic mass is 32.1. The Morgan fingerprint density at radius 2 is 1.97 bits per heavy atom. The van der Waals surface area contributed by atoms with Crippen molar-refractivity contribution in [1.82, 2.24) is 24.5 Å². The fourth-order valence-electron chi connectivity index (χ4n) is 3.03. The van der Waals surface area contributed by atoms with Crippen LogP contribution in [0.3, 0.4) is 0 Å². The number of anilines is 1. The smallest absolute Gasteiger partial charge is 0.255 e. The van der Waals surface area contributed by atoms with Crippen molar-refractivity contribution in [3.05, 3.63) is 84.2 Å². The van der Waals surface area contributed by atoms with Crippen LogP contribution in [0.25, 0.3) is 16.0 Å². The second-order valence-electron chi connectivity index (χ2n) is 6.70. The molecule has 5 rings (SSSR count). The minimum atomic E-state index is -0.180. The molecule has 0 unspecified atom stereocenters. The van der Waals surface area contributed by atoms with Gasteiger partial charge in [-0.25, -0.2) is 15.0 Å². The molecule has 0 atom stereocenters. The number of thiazole rings is 1. The average molecular weight is 428 g/mol. The summed E-state index contributed by atoms with van der Waals surface area (Å²) in [5, 5.41) is 2.90. The molecule has 0 aliphatic rings. The van der Waals surface area contributed by atoms with E-state index in [9.17, 15) is 4.79 Å². The Hall–Kier alpha value is -4.11. The second-order valence-corrected chi connectivity index (χ2v) is 7.58. The van der Waals surface area contributed by atoms with Gasteiger partial charge in [0.2, 0.25) is 5.88 Å². The summed E-state index contributed by atoms with van der Waals surface area (Å²) in [4.78, 5) is 29.5. The van der Waals surface area contributed by atoms with Gasteiger partial charge in [0.15, 0.2) is 0 Å². The quantitative estimate of drug-likeness (QED) is 0.439. The number of hydrogen-bond donors (Lipinski definition) is 1. The number of aromatic nitrogens is 5. The van der Waals surface area contributed by atoms with E-state index in [1.807, 2.05) is 12.1 Å². The molecular formula is C22H16N6O2S. The molecule has 152 valence electrons. The summed E-state index contributed by atoms with van der Waals surface area (Å²) in [5.74, 6) is 2.09. The number of amides is 1. The number of fused-ring (bicyclic) bond motifs is 1. The van der Waals surface area contributed by atoms with E-state index in [0.29, 0.717) is 34.5 Å². The second kappa shape index (κ2) is 7.96. The van der Waals surface area contributed by atoms with Crippen LogP contribution in [0.5, 0.6) is 11.6 Å². The highest BCUT2D eigenvalue weighted by molar-refractivity contribution is 7.16. The Bertz CT molecular complexity index is 1360. The highest BCUT2D eigenvalue weighted by Crippen LogP contribution is 2.24. The lowest BCUT2D eigenvalue weighted by molar-refractivity contribution is 0.102. The minimum Gasteiger partial charge on any atom is -0.439 e. The molecule has 0 fully saturated rings. The number of rotatable bonds is 5. The van der Waals surface area contributed by atoms with Crippen LogP contribution in [0.2, 0.25) is 0 Å². The van der Waals surface area contributed by atoms with Gasteiger partial charge in [0, 0.05) is 29.7 Å². The van der Waals surface area contributed by atoms with Gasteiger partial charge in [-0.1, -0.05) is 0 Å². The van der Waals surface area contributed by atoms with Crippen LogP contribution in [-0.2, 0) is 0 Å². The van der Waals surface area contributed by atoms with Crippen molar-refractivity contribution in [3.8, 4) is 17.4 Å². The maximum Gasteiger partial charge on any atom is 0.255 e. The van der Waals surface area contributed by atoms with E-state index in [2.05, 4.69) is 25.3 Å². The van der Waals surface area contributed by atoms with Crippen LogP contribution in [0.15, 0.2) is 72.8 Å². The van der Waals surface area contributed by atoms with E-state index in [0.717, 1.165) is 10.2 Å². The molecule has 2 aromatic carbocycles. The van der Waals surface area contributed by atoms with Crippen LogP contribution in [0, 0.1) is 6.92 Å². The Balaban J connectivity index is 1.29. The summed E-state index contributed by atoms with van der Waals surface area (Å²) in [6, 6.07) is 14.3. The third kappa shape index (κ3) is 4.12. The molecule has 31 heavy (non-hydrogen) atoms. The lowest BCUT2D eigenvalue weighted by atomic mass is 10.2. The normalized spacial score (nSPS) is 10.9. The monoisotopic (exact) mass is 428 g/mol. The van der Waals surface area contributed by atoms with Crippen molar-refractivity contribution in [1.29, 1.82) is 0 Å². The van der Waals surface area contributed by atoms with Crippen molar-refractivity contribution in [2.24, 2.45) is 0 Å². The van der Waals surface area contributed by atoms with E-state index in [4.69, 9.17) is 4.74 Å². The number of nitrogens with one attached hydrogen (secondary N) is 1. The maximum absolute atomic E-state index is 12.6. The number of benzene rings is 2. The molecule has 3 aromatic heterocycles.